The fraction of sp³-hybridized carbons (Fsp3) is 0.647. The number of nitrogens with zero attached hydrogens (tertiary/aromatic N) is 2. The summed E-state index contributed by atoms with van der Waals surface area (Å²) in [7, 11) is 0. The zero-order chi connectivity index (χ0) is 14.7. The van der Waals surface area contributed by atoms with Gasteiger partial charge in [-0.1, -0.05) is 22.4 Å². The third-order valence-electron chi connectivity index (χ3n) is 4.97. The summed E-state index contributed by atoms with van der Waals surface area (Å²) in [5.41, 5.74) is 8.50. The minimum atomic E-state index is 0.612. The Balaban J connectivity index is 1.62. The van der Waals surface area contributed by atoms with Crippen molar-refractivity contribution in [2.45, 2.75) is 44.7 Å². The molecule has 2 fully saturated rings. The molecule has 3 nitrogen and oxygen atoms in total. The van der Waals surface area contributed by atoms with E-state index in [0.29, 0.717) is 6.54 Å². The molecule has 21 heavy (non-hydrogen) atoms. The van der Waals surface area contributed by atoms with Gasteiger partial charge in [0.1, 0.15) is 0 Å². The van der Waals surface area contributed by atoms with Crippen LogP contribution < -0.4 is 10.6 Å². The zero-order valence-corrected chi connectivity index (χ0v) is 14.3. The highest BCUT2D eigenvalue weighted by atomic mass is 79.9. The van der Waals surface area contributed by atoms with Crippen LogP contribution in [0.5, 0.6) is 0 Å². The van der Waals surface area contributed by atoms with E-state index in [4.69, 9.17) is 5.73 Å². The predicted molar refractivity (Wildman–Crippen MR) is 92.7 cm³/mol. The Hall–Kier alpha value is -0.580. The lowest BCUT2D eigenvalue weighted by molar-refractivity contribution is 0.141. The summed E-state index contributed by atoms with van der Waals surface area (Å²) in [5.74, 6) is 0. The van der Waals surface area contributed by atoms with E-state index in [0.717, 1.165) is 23.6 Å². The molecule has 2 aliphatic heterocycles. The van der Waals surface area contributed by atoms with Crippen LogP contribution in [0.1, 0.15) is 37.7 Å². The van der Waals surface area contributed by atoms with Crippen molar-refractivity contribution in [3.63, 3.8) is 0 Å². The molecule has 2 heterocycles. The van der Waals surface area contributed by atoms with Crippen LogP contribution >= 0.6 is 15.9 Å². The molecule has 0 aliphatic carbocycles. The SMILES string of the molecule is NCc1cc(Br)ccc1N1CCC(N2CCCCC2)CC1. The first-order valence-corrected chi connectivity index (χ1v) is 9.05. The topological polar surface area (TPSA) is 32.5 Å². The number of benzene rings is 1. The molecule has 0 saturated carbocycles. The van der Waals surface area contributed by atoms with Gasteiger partial charge in [0.15, 0.2) is 0 Å². The highest BCUT2D eigenvalue weighted by Gasteiger charge is 2.26. The number of piperidine rings is 2. The third-order valence-corrected chi connectivity index (χ3v) is 5.47. The van der Waals surface area contributed by atoms with Crippen LogP contribution in [0.15, 0.2) is 22.7 Å². The Bertz CT molecular complexity index is 463. The average Bonchev–Trinajstić information content (AvgIpc) is 2.56. The lowest BCUT2D eigenvalue weighted by atomic mass is 9.99. The lowest BCUT2D eigenvalue weighted by Crippen LogP contribution is -2.47. The third kappa shape index (κ3) is 3.61. The number of hydrogen-bond donors (Lipinski definition) is 1. The van der Waals surface area contributed by atoms with Crippen molar-refractivity contribution >= 4 is 21.6 Å². The molecule has 3 rings (SSSR count). The molecule has 1 aromatic carbocycles. The summed E-state index contributed by atoms with van der Waals surface area (Å²) in [6.07, 6.45) is 6.79. The molecule has 2 aliphatic rings. The van der Waals surface area contributed by atoms with Crippen molar-refractivity contribution in [2.75, 3.05) is 31.1 Å². The minimum Gasteiger partial charge on any atom is -0.371 e. The lowest BCUT2D eigenvalue weighted by Gasteiger charge is -2.41. The summed E-state index contributed by atoms with van der Waals surface area (Å²) in [5, 5.41) is 0. The van der Waals surface area contributed by atoms with Crippen molar-refractivity contribution in [1.82, 2.24) is 4.90 Å². The van der Waals surface area contributed by atoms with E-state index in [1.165, 1.54) is 56.4 Å². The molecule has 1 aromatic rings. The highest BCUT2D eigenvalue weighted by Crippen LogP contribution is 2.29. The van der Waals surface area contributed by atoms with Gasteiger partial charge in [-0.3, -0.25) is 0 Å². The molecule has 2 saturated heterocycles. The second-order valence-electron chi connectivity index (χ2n) is 6.29. The number of likely N-dealkylation sites (tertiary alicyclic amines) is 1. The quantitative estimate of drug-likeness (QED) is 0.905. The van der Waals surface area contributed by atoms with Gasteiger partial charge in [-0.25, -0.2) is 0 Å². The van der Waals surface area contributed by atoms with Gasteiger partial charge in [-0.15, -0.1) is 0 Å². The molecule has 4 heteroatoms. The van der Waals surface area contributed by atoms with Crippen molar-refractivity contribution in [1.29, 1.82) is 0 Å². The van der Waals surface area contributed by atoms with Crippen LogP contribution in [0.25, 0.3) is 0 Å². The van der Waals surface area contributed by atoms with Crippen molar-refractivity contribution < 1.29 is 0 Å². The predicted octanol–water partition coefficient (Wildman–Crippen LogP) is 3.36. The Kier molecular flexibility index (Phi) is 5.19. The number of halogens is 1. The van der Waals surface area contributed by atoms with E-state index in [1.54, 1.807) is 0 Å². The number of rotatable bonds is 3. The van der Waals surface area contributed by atoms with E-state index < -0.39 is 0 Å². The summed E-state index contributed by atoms with van der Waals surface area (Å²) in [4.78, 5) is 5.25. The normalized spacial score (nSPS) is 21.7. The maximum Gasteiger partial charge on any atom is 0.0412 e. The van der Waals surface area contributed by atoms with E-state index in [2.05, 4.69) is 43.9 Å². The van der Waals surface area contributed by atoms with E-state index in [9.17, 15) is 0 Å². The molecule has 0 amide bonds. The van der Waals surface area contributed by atoms with Crippen molar-refractivity contribution in [2.24, 2.45) is 5.73 Å². The Morgan fingerprint density at radius 1 is 1.05 bits per heavy atom. The standard InChI is InChI=1S/C17H26BrN3/c18-15-4-5-17(14(12-15)13-19)21-10-6-16(7-11-21)20-8-2-1-3-9-20/h4-5,12,16H,1-3,6-11,13,19H2. The first-order valence-electron chi connectivity index (χ1n) is 8.25. The van der Waals surface area contributed by atoms with Gasteiger partial charge in [-0.05, 0) is 62.5 Å². The van der Waals surface area contributed by atoms with Crippen molar-refractivity contribution in [3.8, 4) is 0 Å². The molecule has 0 bridgehead atoms. The average molecular weight is 352 g/mol. The van der Waals surface area contributed by atoms with E-state index in [-0.39, 0.29) is 0 Å². The summed E-state index contributed by atoms with van der Waals surface area (Å²) < 4.78 is 1.12. The van der Waals surface area contributed by atoms with Crippen LogP contribution in [0.2, 0.25) is 0 Å². The van der Waals surface area contributed by atoms with Crippen LogP contribution in [-0.4, -0.2) is 37.1 Å². The number of hydrogen-bond acceptors (Lipinski definition) is 3. The number of anilines is 1. The largest absolute Gasteiger partial charge is 0.371 e. The minimum absolute atomic E-state index is 0.612. The monoisotopic (exact) mass is 351 g/mol. The van der Waals surface area contributed by atoms with Crippen LogP contribution in [0.4, 0.5) is 5.69 Å². The molecular weight excluding hydrogens is 326 g/mol. The summed E-state index contributed by atoms with van der Waals surface area (Å²) >= 11 is 3.54. The second kappa shape index (κ2) is 7.12. The highest BCUT2D eigenvalue weighted by molar-refractivity contribution is 9.10. The van der Waals surface area contributed by atoms with Crippen LogP contribution in [0.3, 0.4) is 0 Å². The molecule has 0 atom stereocenters. The fourth-order valence-electron chi connectivity index (χ4n) is 3.78. The first-order chi connectivity index (χ1) is 10.3. The fourth-order valence-corrected chi connectivity index (χ4v) is 4.19. The van der Waals surface area contributed by atoms with E-state index in [1.807, 2.05) is 0 Å². The van der Waals surface area contributed by atoms with Gasteiger partial charge in [-0.2, -0.15) is 0 Å². The molecule has 0 unspecified atom stereocenters. The Morgan fingerprint density at radius 3 is 2.43 bits per heavy atom. The van der Waals surface area contributed by atoms with Gasteiger partial charge < -0.3 is 15.5 Å². The molecule has 2 N–H and O–H groups in total. The zero-order valence-electron chi connectivity index (χ0n) is 12.7. The smallest absolute Gasteiger partial charge is 0.0412 e. The van der Waals surface area contributed by atoms with Crippen molar-refractivity contribution in [3.05, 3.63) is 28.2 Å². The number of nitrogens with two attached hydrogens (primary N) is 1. The molecular formula is C17H26BrN3. The molecule has 0 radical (unpaired) electrons. The second-order valence-corrected chi connectivity index (χ2v) is 7.21. The van der Waals surface area contributed by atoms with Gasteiger partial charge in [0.05, 0.1) is 0 Å². The maximum absolute atomic E-state index is 5.91. The van der Waals surface area contributed by atoms with Gasteiger partial charge in [0.2, 0.25) is 0 Å². The summed E-state index contributed by atoms with van der Waals surface area (Å²) in [6, 6.07) is 7.31. The van der Waals surface area contributed by atoms with Gasteiger partial charge in [0, 0.05) is 35.8 Å². The van der Waals surface area contributed by atoms with Crippen LogP contribution in [0, 0.1) is 0 Å². The van der Waals surface area contributed by atoms with Crippen LogP contribution in [-0.2, 0) is 6.54 Å². The summed E-state index contributed by atoms with van der Waals surface area (Å²) in [6.45, 7) is 5.57. The van der Waals surface area contributed by atoms with Gasteiger partial charge >= 0.3 is 0 Å². The maximum atomic E-state index is 5.91. The molecule has 0 spiro atoms. The Labute approximate surface area is 136 Å². The molecule has 116 valence electrons. The first kappa shape index (κ1) is 15.3. The molecule has 0 aromatic heterocycles. The van der Waals surface area contributed by atoms with Gasteiger partial charge in [0.25, 0.3) is 0 Å². The van der Waals surface area contributed by atoms with E-state index >= 15 is 0 Å². The Morgan fingerprint density at radius 2 is 1.76 bits per heavy atom.